The minimum absolute atomic E-state index is 0.208. The van der Waals surface area contributed by atoms with Gasteiger partial charge in [0.25, 0.3) is 5.76 Å². The van der Waals surface area contributed by atoms with E-state index in [4.69, 9.17) is 4.42 Å². The van der Waals surface area contributed by atoms with Crippen LogP contribution in [0.3, 0.4) is 0 Å². The second-order valence-corrected chi connectivity index (χ2v) is 6.25. The minimum Gasteiger partial charge on any atom is -0.464 e. The van der Waals surface area contributed by atoms with Crippen LogP contribution >= 0.6 is 23.1 Å². The zero-order valence-electron chi connectivity index (χ0n) is 11.1. The molecule has 6 heteroatoms. The van der Waals surface area contributed by atoms with E-state index in [0.717, 1.165) is 12.2 Å². The molecule has 2 rings (SSSR count). The lowest BCUT2D eigenvalue weighted by atomic mass is 10.2. The van der Waals surface area contributed by atoms with E-state index in [9.17, 15) is 8.78 Å². The van der Waals surface area contributed by atoms with Gasteiger partial charge >= 0.3 is 0 Å². The zero-order valence-corrected chi connectivity index (χ0v) is 12.8. The number of hydrogen-bond acceptors (Lipinski definition) is 4. The quantitative estimate of drug-likeness (QED) is 0.738. The van der Waals surface area contributed by atoms with Crippen molar-refractivity contribution in [2.24, 2.45) is 0 Å². The average Bonchev–Trinajstić information content (AvgIpc) is 3.08. The van der Waals surface area contributed by atoms with Gasteiger partial charge in [-0.3, -0.25) is 0 Å². The van der Waals surface area contributed by atoms with E-state index in [1.807, 2.05) is 12.1 Å². The third-order valence-electron chi connectivity index (χ3n) is 2.89. The summed E-state index contributed by atoms with van der Waals surface area (Å²) in [5.74, 6) is -0.772. The van der Waals surface area contributed by atoms with Crippen LogP contribution in [0.4, 0.5) is 8.78 Å². The number of alkyl halides is 2. The average molecular weight is 317 g/mol. The molecule has 0 fully saturated rings. The van der Waals surface area contributed by atoms with Crippen LogP contribution in [0.5, 0.6) is 0 Å². The number of halogens is 2. The first kappa shape index (κ1) is 15.5. The molecule has 2 heterocycles. The summed E-state index contributed by atoms with van der Waals surface area (Å²) in [6, 6.07) is 8.06. The van der Waals surface area contributed by atoms with Crippen molar-refractivity contribution < 1.29 is 13.2 Å². The highest BCUT2D eigenvalue weighted by molar-refractivity contribution is 7.98. The lowest BCUT2D eigenvalue weighted by molar-refractivity contribution is 0.251. The van der Waals surface area contributed by atoms with Gasteiger partial charge in [-0.05, 0) is 30.0 Å². The Balaban J connectivity index is 1.84. The molecule has 20 heavy (non-hydrogen) atoms. The summed E-state index contributed by atoms with van der Waals surface area (Å²) in [4.78, 5) is 1.30. The van der Waals surface area contributed by atoms with Crippen molar-refractivity contribution in [1.29, 1.82) is 0 Å². The van der Waals surface area contributed by atoms with Crippen molar-refractivity contribution in [1.82, 2.24) is 5.32 Å². The summed E-state index contributed by atoms with van der Waals surface area (Å²) >= 11 is 2.31. The highest BCUT2D eigenvalue weighted by Crippen LogP contribution is 2.24. The predicted octanol–water partition coefficient (Wildman–Crippen LogP) is 5.04. The van der Waals surface area contributed by atoms with Crippen molar-refractivity contribution in [3.63, 3.8) is 0 Å². The summed E-state index contributed by atoms with van der Waals surface area (Å²) in [6.07, 6.45) is 0.995. The van der Waals surface area contributed by atoms with Crippen LogP contribution in [-0.4, -0.2) is 5.76 Å². The third-order valence-corrected chi connectivity index (χ3v) is 4.58. The Bertz CT molecular complexity index is 499. The van der Waals surface area contributed by atoms with Gasteiger partial charge in [-0.15, -0.1) is 11.3 Å². The van der Waals surface area contributed by atoms with Crippen molar-refractivity contribution in [3.05, 3.63) is 46.0 Å². The van der Waals surface area contributed by atoms with Crippen molar-refractivity contribution in [2.75, 3.05) is 0 Å². The molecule has 0 saturated carbocycles. The van der Waals surface area contributed by atoms with Crippen molar-refractivity contribution in [3.8, 4) is 0 Å². The largest absolute Gasteiger partial charge is 0.464 e. The fourth-order valence-electron chi connectivity index (χ4n) is 1.90. The minimum atomic E-state index is -2.36. The van der Waals surface area contributed by atoms with Gasteiger partial charge in [0.1, 0.15) is 11.5 Å². The standard InChI is InChI=1S/C14H17F2NOS2/c1-2-12(13-4-3-7-19-13)17-8-10-5-6-11(18-10)9-20-14(15)16/h3-7,12,14,17H,2,8-9H2,1H3. The fraction of sp³-hybridized carbons (Fsp3) is 0.429. The van der Waals surface area contributed by atoms with Crippen LogP contribution in [0.15, 0.2) is 34.1 Å². The van der Waals surface area contributed by atoms with E-state index >= 15 is 0 Å². The second kappa shape index (κ2) is 7.81. The molecule has 0 bridgehead atoms. The molecule has 0 aliphatic carbocycles. The van der Waals surface area contributed by atoms with E-state index < -0.39 is 5.76 Å². The molecule has 1 atom stereocenters. The normalized spacial score (nSPS) is 13.0. The first-order valence-corrected chi connectivity index (χ1v) is 8.36. The highest BCUT2D eigenvalue weighted by atomic mass is 32.2. The van der Waals surface area contributed by atoms with Crippen LogP contribution in [0.2, 0.25) is 0 Å². The molecule has 0 aromatic carbocycles. The number of hydrogen-bond donors (Lipinski definition) is 1. The summed E-state index contributed by atoms with van der Waals surface area (Å²) in [5, 5.41) is 5.49. The molecule has 0 aliphatic heterocycles. The van der Waals surface area contributed by atoms with E-state index in [-0.39, 0.29) is 5.75 Å². The lowest BCUT2D eigenvalue weighted by Gasteiger charge is -2.14. The van der Waals surface area contributed by atoms with Crippen LogP contribution < -0.4 is 5.32 Å². The molecule has 1 N–H and O–H groups in total. The van der Waals surface area contributed by atoms with E-state index in [1.54, 1.807) is 17.4 Å². The summed E-state index contributed by atoms with van der Waals surface area (Å²) < 4.78 is 29.7. The lowest BCUT2D eigenvalue weighted by Crippen LogP contribution is -2.18. The Labute approximate surface area is 125 Å². The molecule has 0 spiro atoms. The monoisotopic (exact) mass is 317 g/mol. The van der Waals surface area contributed by atoms with Gasteiger partial charge in [-0.1, -0.05) is 24.8 Å². The van der Waals surface area contributed by atoms with Gasteiger partial charge in [0.2, 0.25) is 0 Å². The molecule has 1 unspecified atom stereocenters. The Hall–Kier alpha value is -0.850. The summed E-state index contributed by atoms with van der Waals surface area (Å²) in [6.45, 7) is 2.74. The topological polar surface area (TPSA) is 25.2 Å². The number of nitrogens with one attached hydrogen (secondary N) is 1. The summed E-state index contributed by atoms with van der Waals surface area (Å²) in [7, 11) is 0. The maximum Gasteiger partial charge on any atom is 0.284 e. The smallest absolute Gasteiger partial charge is 0.284 e. The molecule has 0 radical (unpaired) electrons. The molecule has 110 valence electrons. The Morgan fingerprint density at radius 1 is 1.30 bits per heavy atom. The molecule has 2 aromatic heterocycles. The van der Waals surface area contributed by atoms with Crippen LogP contribution in [-0.2, 0) is 12.3 Å². The number of furan rings is 1. The Kier molecular flexibility index (Phi) is 6.06. The zero-order chi connectivity index (χ0) is 14.4. The van der Waals surface area contributed by atoms with Gasteiger partial charge in [-0.2, -0.15) is 8.78 Å². The van der Waals surface area contributed by atoms with Crippen LogP contribution in [0, 0.1) is 0 Å². The molecular formula is C14H17F2NOS2. The molecule has 0 saturated heterocycles. The van der Waals surface area contributed by atoms with Crippen molar-refractivity contribution in [2.45, 2.75) is 37.4 Å². The van der Waals surface area contributed by atoms with Gasteiger partial charge in [0.05, 0.1) is 12.3 Å². The number of rotatable bonds is 8. The number of thiophene rings is 1. The van der Waals surface area contributed by atoms with Crippen molar-refractivity contribution >= 4 is 23.1 Å². The first-order valence-electron chi connectivity index (χ1n) is 6.43. The Morgan fingerprint density at radius 3 is 2.75 bits per heavy atom. The predicted molar refractivity (Wildman–Crippen MR) is 80.2 cm³/mol. The summed E-state index contributed by atoms with van der Waals surface area (Å²) in [5.41, 5.74) is 0. The molecular weight excluding hydrogens is 300 g/mol. The maximum atomic E-state index is 12.1. The molecule has 0 amide bonds. The molecule has 2 nitrogen and oxygen atoms in total. The second-order valence-electron chi connectivity index (χ2n) is 4.30. The maximum absolute atomic E-state index is 12.1. The van der Waals surface area contributed by atoms with E-state index in [0.29, 0.717) is 30.1 Å². The number of thioether (sulfide) groups is 1. The Morgan fingerprint density at radius 2 is 2.10 bits per heavy atom. The van der Waals surface area contributed by atoms with E-state index in [2.05, 4.69) is 23.7 Å². The SMILES string of the molecule is CCC(NCc1ccc(CSC(F)F)o1)c1cccs1. The third kappa shape index (κ3) is 4.61. The fourth-order valence-corrected chi connectivity index (χ4v) is 3.23. The highest BCUT2D eigenvalue weighted by Gasteiger charge is 2.11. The van der Waals surface area contributed by atoms with E-state index in [1.165, 1.54) is 4.88 Å². The van der Waals surface area contributed by atoms with Gasteiger partial charge in [0.15, 0.2) is 0 Å². The first-order chi connectivity index (χ1) is 9.69. The molecule has 2 aromatic rings. The molecule has 0 aliphatic rings. The van der Waals surface area contributed by atoms with Gasteiger partial charge in [-0.25, -0.2) is 0 Å². The van der Waals surface area contributed by atoms with Crippen LogP contribution in [0.25, 0.3) is 0 Å². The van der Waals surface area contributed by atoms with Crippen LogP contribution in [0.1, 0.15) is 35.8 Å². The van der Waals surface area contributed by atoms with Gasteiger partial charge in [0, 0.05) is 10.9 Å². The van der Waals surface area contributed by atoms with Gasteiger partial charge < -0.3 is 9.73 Å².